The van der Waals surface area contributed by atoms with Gasteiger partial charge in [-0.2, -0.15) is 0 Å². The molecule has 0 saturated heterocycles. The fraction of sp³-hybridized carbons (Fsp3) is 0.143. The Morgan fingerprint density at radius 2 is 0.970 bits per heavy atom. The molecule has 33 heavy (non-hydrogen) atoms. The van der Waals surface area contributed by atoms with Crippen LogP contribution in [0.3, 0.4) is 0 Å². The first-order valence-corrected chi connectivity index (χ1v) is 15.4. The van der Waals surface area contributed by atoms with Gasteiger partial charge >= 0.3 is 204 Å². The monoisotopic (exact) mass is 518 g/mol. The molecule has 0 aliphatic carbocycles. The molecule has 0 aliphatic rings. The minimum absolute atomic E-state index is 0.809. The first-order valence-electron chi connectivity index (χ1n) is 11.1. The predicted octanol–water partition coefficient (Wildman–Crippen LogP) is 7.98. The van der Waals surface area contributed by atoms with Crippen molar-refractivity contribution < 1.29 is 4.52 Å². The van der Waals surface area contributed by atoms with Crippen molar-refractivity contribution in [3.8, 4) is 5.75 Å². The Labute approximate surface area is 203 Å². The van der Waals surface area contributed by atoms with E-state index >= 15 is 0 Å². The number of nitrogens with zero attached hydrogens (tertiary/aromatic N) is 2. The zero-order valence-electron chi connectivity index (χ0n) is 18.5. The summed E-state index contributed by atoms with van der Waals surface area (Å²) in [4.78, 5) is 0. The molecule has 0 atom stereocenters. The van der Waals surface area contributed by atoms with Gasteiger partial charge in [0.15, 0.2) is 0 Å². The van der Waals surface area contributed by atoms with E-state index in [2.05, 4.69) is 86.0 Å². The summed E-state index contributed by atoms with van der Waals surface area (Å²) in [6, 6.07) is 38.9. The Hall–Kier alpha value is -2.77. The zero-order chi connectivity index (χ0) is 22.8. The molecule has 0 amide bonds. The van der Waals surface area contributed by atoms with Gasteiger partial charge in [0, 0.05) is 0 Å². The molecule has 5 heteroatoms. The van der Waals surface area contributed by atoms with Crippen LogP contribution in [0.4, 0.5) is 11.4 Å². The minimum atomic E-state index is -1.78. The molecule has 0 fully saturated rings. The van der Waals surface area contributed by atoms with Crippen LogP contribution in [0, 0.1) is 0 Å². The van der Waals surface area contributed by atoms with Crippen LogP contribution in [0.15, 0.2) is 125 Å². The Bertz CT molecular complexity index is 1150. The molecule has 4 aromatic carbocycles. The first kappa shape index (κ1) is 23.4. The number of azo groups is 1. The van der Waals surface area contributed by atoms with Gasteiger partial charge in [-0.25, -0.2) is 0 Å². The molecular weight excluding hydrogens is 490 g/mol. The van der Waals surface area contributed by atoms with Crippen molar-refractivity contribution in [2.24, 2.45) is 10.2 Å². The molecule has 3 nitrogen and oxygen atoms in total. The van der Waals surface area contributed by atoms with Crippen LogP contribution in [-0.4, -0.2) is 27.4 Å². The third-order valence-electron chi connectivity index (χ3n) is 5.31. The maximum absolute atomic E-state index is 6.65. The second-order valence-corrected chi connectivity index (χ2v) is 14.7. The normalized spacial score (nSPS) is 11.5. The van der Waals surface area contributed by atoms with Crippen LogP contribution in [0.1, 0.15) is 11.1 Å². The van der Waals surface area contributed by atoms with Crippen LogP contribution in [0.2, 0.25) is 0 Å². The molecule has 166 valence electrons. The van der Waals surface area contributed by atoms with E-state index in [1.54, 1.807) is 0 Å². The Morgan fingerprint density at radius 1 is 0.545 bits per heavy atom. The van der Waals surface area contributed by atoms with Crippen molar-refractivity contribution in [1.29, 1.82) is 0 Å². The molecule has 0 radical (unpaired) electrons. The second kappa shape index (κ2) is 11.9. The van der Waals surface area contributed by atoms with Gasteiger partial charge in [0.25, 0.3) is 0 Å². The topological polar surface area (TPSA) is 34.0 Å². The molecule has 0 unspecified atom stereocenters. The SMILES string of the molecule is [Se]=P(CCc1ccccc1)(CCc1ccccc1)Oc1ccc(N=Nc2ccccc2)cc1. The van der Waals surface area contributed by atoms with Crippen LogP contribution in [0.5, 0.6) is 5.75 Å². The van der Waals surface area contributed by atoms with Gasteiger partial charge in [-0.1, -0.05) is 0 Å². The molecule has 0 bridgehead atoms. The summed E-state index contributed by atoms with van der Waals surface area (Å²) < 4.78 is 6.65. The number of hydrogen-bond acceptors (Lipinski definition) is 3. The fourth-order valence-electron chi connectivity index (χ4n) is 3.47. The summed E-state index contributed by atoms with van der Waals surface area (Å²) in [5.41, 5.74) is 2.56. The molecule has 4 aromatic rings. The molecule has 0 heterocycles. The molecule has 0 N–H and O–H groups in total. The van der Waals surface area contributed by atoms with E-state index < -0.39 is 5.74 Å². The van der Waals surface area contributed by atoms with E-state index in [0.717, 1.165) is 42.3 Å². The van der Waals surface area contributed by atoms with Crippen LogP contribution in [-0.2, 0) is 12.8 Å². The van der Waals surface area contributed by atoms with Gasteiger partial charge in [0.05, 0.1) is 0 Å². The van der Waals surface area contributed by atoms with E-state index in [1.165, 1.54) is 11.1 Å². The molecule has 0 aliphatic heterocycles. The van der Waals surface area contributed by atoms with Gasteiger partial charge in [-0.05, 0) is 0 Å². The molecule has 4 rings (SSSR count). The number of benzene rings is 4. The maximum atomic E-state index is 6.65. The third kappa shape index (κ3) is 7.65. The number of aryl methyl sites for hydroxylation is 2. The average Bonchev–Trinajstić information content (AvgIpc) is 2.88. The Morgan fingerprint density at radius 3 is 1.45 bits per heavy atom. The Kier molecular flexibility index (Phi) is 8.44. The third-order valence-corrected chi connectivity index (χ3v) is 10.4. The number of rotatable bonds is 10. The number of hydrogen-bond donors (Lipinski definition) is 0. The van der Waals surface area contributed by atoms with Crippen LogP contribution >= 0.6 is 5.74 Å². The summed E-state index contributed by atoms with van der Waals surface area (Å²) in [6.07, 6.45) is 4.00. The Balaban J connectivity index is 1.45. The zero-order valence-corrected chi connectivity index (χ0v) is 21.1. The second-order valence-electron chi connectivity index (χ2n) is 7.85. The van der Waals surface area contributed by atoms with Gasteiger partial charge in [-0.15, -0.1) is 0 Å². The summed E-state index contributed by atoms with van der Waals surface area (Å²) in [5, 5.41) is 8.63. The quantitative estimate of drug-likeness (QED) is 0.119. The van der Waals surface area contributed by atoms with Crippen molar-refractivity contribution in [2.45, 2.75) is 12.8 Å². The molecule has 0 saturated carbocycles. The van der Waals surface area contributed by atoms with Crippen molar-refractivity contribution in [3.63, 3.8) is 0 Å². The van der Waals surface area contributed by atoms with Gasteiger partial charge in [-0.3, -0.25) is 0 Å². The fourth-order valence-corrected chi connectivity index (χ4v) is 7.27. The standard InChI is InChI=1S/C28H27N2OPSe/c33-32(22-20-24-10-4-1-5-11-24,23-21-25-12-6-2-7-13-25)31-28-18-16-27(17-19-28)30-29-26-14-8-3-9-15-26/h1-19H,20-23H2. The van der Waals surface area contributed by atoms with Crippen molar-refractivity contribution >= 4 is 32.2 Å². The van der Waals surface area contributed by atoms with Gasteiger partial charge < -0.3 is 0 Å². The van der Waals surface area contributed by atoms with Crippen molar-refractivity contribution in [1.82, 2.24) is 0 Å². The van der Waals surface area contributed by atoms with E-state index in [-0.39, 0.29) is 0 Å². The van der Waals surface area contributed by atoms with Gasteiger partial charge in [0.1, 0.15) is 0 Å². The van der Waals surface area contributed by atoms with E-state index in [1.807, 2.05) is 54.6 Å². The van der Waals surface area contributed by atoms with E-state index in [9.17, 15) is 0 Å². The van der Waals surface area contributed by atoms with Crippen LogP contribution in [0.25, 0.3) is 0 Å². The van der Waals surface area contributed by atoms with Gasteiger partial charge in [0.2, 0.25) is 0 Å². The summed E-state index contributed by atoms with van der Waals surface area (Å²) >= 11 is 3.49. The predicted molar refractivity (Wildman–Crippen MR) is 140 cm³/mol. The summed E-state index contributed by atoms with van der Waals surface area (Å²) in [7, 11) is 0. The van der Waals surface area contributed by atoms with E-state index in [0.29, 0.717) is 0 Å². The molecule has 0 aromatic heterocycles. The average molecular weight is 517 g/mol. The van der Waals surface area contributed by atoms with E-state index in [4.69, 9.17) is 4.52 Å². The first-order chi connectivity index (χ1) is 16.2. The molecule has 0 spiro atoms. The summed E-state index contributed by atoms with van der Waals surface area (Å²) in [5.74, 6) is 0.877. The molecular formula is C28H27N2OPSe. The van der Waals surface area contributed by atoms with Crippen molar-refractivity contribution in [3.05, 3.63) is 126 Å². The van der Waals surface area contributed by atoms with Crippen LogP contribution < -0.4 is 4.52 Å². The summed E-state index contributed by atoms with van der Waals surface area (Å²) in [6.45, 7) is 0. The van der Waals surface area contributed by atoms with Crippen molar-refractivity contribution in [2.75, 3.05) is 12.3 Å².